The third-order valence-electron chi connectivity index (χ3n) is 4.78. The SMILES string of the molecule is Cc1ccc(S(=O)(=O)N(CCC2=CCCCC2)C(=O)[Se]c2ccccc2)cc1. The van der Waals surface area contributed by atoms with E-state index in [2.05, 4.69) is 6.08 Å². The first-order chi connectivity index (χ1) is 13.5. The third-order valence-corrected chi connectivity index (χ3v) is 8.73. The van der Waals surface area contributed by atoms with Crippen molar-refractivity contribution in [2.45, 2.75) is 43.9 Å². The summed E-state index contributed by atoms with van der Waals surface area (Å²) in [6.07, 6.45) is 7.18. The van der Waals surface area contributed by atoms with E-state index in [0.29, 0.717) is 6.42 Å². The molecule has 0 heterocycles. The summed E-state index contributed by atoms with van der Waals surface area (Å²) in [7, 11) is -3.87. The van der Waals surface area contributed by atoms with Crippen LogP contribution in [-0.2, 0) is 10.0 Å². The maximum atomic E-state index is 13.2. The number of benzene rings is 2. The van der Waals surface area contributed by atoms with Crippen molar-refractivity contribution in [2.75, 3.05) is 6.54 Å². The van der Waals surface area contributed by atoms with Gasteiger partial charge in [0.15, 0.2) is 0 Å². The summed E-state index contributed by atoms with van der Waals surface area (Å²) in [5.41, 5.74) is 2.24. The molecule has 6 heteroatoms. The van der Waals surface area contributed by atoms with Crippen molar-refractivity contribution < 1.29 is 13.2 Å². The molecule has 0 radical (unpaired) electrons. The Morgan fingerprint density at radius 2 is 1.75 bits per heavy atom. The van der Waals surface area contributed by atoms with Gasteiger partial charge in [-0.2, -0.15) is 0 Å². The normalized spacial score (nSPS) is 14.4. The van der Waals surface area contributed by atoms with E-state index < -0.39 is 25.0 Å². The molecule has 0 saturated heterocycles. The molecule has 0 fully saturated rings. The molecule has 1 aliphatic rings. The van der Waals surface area contributed by atoms with Crippen molar-refractivity contribution in [1.29, 1.82) is 0 Å². The van der Waals surface area contributed by atoms with Crippen LogP contribution in [0.4, 0.5) is 4.79 Å². The predicted molar refractivity (Wildman–Crippen MR) is 113 cm³/mol. The van der Waals surface area contributed by atoms with Crippen LogP contribution >= 0.6 is 0 Å². The number of sulfonamides is 1. The van der Waals surface area contributed by atoms with E-state index in [-0.39, 0.29) is 16.2 Å². The van der Waals surface area contributed by atoms with Crippen molar-refractivity contribution in [3.63, 3.8) is 0 Å². The van der Waals surface area contributed by atoms with E-state index in [1.165, 1.54) is 12.0 Å². The molecule has 0 unspecified atom stereocenters. The van der Waals surface area contributed by atoms with Crippen molar-refractivity contribution >= 4 is 34.2 Å². The molecule has 148 valence electrons. The monoisotopic (exact) mass is 463 g/mol. The number of allylic oxidation sites excluding steroid dienone is 1. The number of nitrogens with zero attached hydrogens (tertiary/aromatic N) is 1. The van der Waals surface area contributed by atoms with Gasteiger partial charge >= 0.3 is 174 Å². The van der Waals surface area contributed by atoms with Crippen LogP contribution in [0.5, 0.6) is 0 Å². The number of hydrogen-bond donors (Lipinski definition) is 0. The molecule has 0 bridgehead atoms. The van der Waals surface area contributed by atoms with E-state index in [1.807, 2.05) is 37.3 Å². The van der Waals surface area contributed by atoms with Crippen molar-refractivity contribution in [2.24, 2.45) is 0 Å². The second-order valence-electron chi connectivity index (χ2n) is 6.93. The number of amides is 1. The summed E-state index contributed by atoms with van der Waals surface area (Å²) in [5.74, 6) is 0. The Bertz CT molecular complexity index is 938. The fourth-order valence-electron chi connectivity index (χ4n) is 3.16. The predicted octanol–water partition coefficient (Wildman–Crippen LogP) is 4.03. The van der Waals surface area contributed by atoms with Gasteiger partial charge in [-0.15, -0.1) is 0 Å². The number of hydrogen-bond acceptors (Lipinski definition) is 3. The van der Waals surface area contributed by atoms with Gasteiger partial charge in [0.05, 0.1) is 0 Å². The van der Waals surface area contributed by atoms with Gasteiger partial charge in [-0.05, 0) is 0 Å². The van der Waals surface area contributed by atoms with E-state index in [0.717, 1.165) is 33.6 Å². The second-order valence-corrected chi connectivity index (χ2v) is 10.9. The Balaban J connectivity index is 1.85. The van der Waals surface area contributed by atoms with Crippen LogP contribution < -0.4 is 4.46 Å². The molecule has 3 rings (SSSR count). The van der Waals surface area contributed by atoms with E-state index in [1.54, 1.807) is 24.3 Å². The van der Waals surface area contributed by atoms with E-state index >= 15 is 0 Å². The van der Waals surface area contributed by atoms with Crippen LogP contribution in [0.2, 0.25) is 0 Å². The van der Waals surface area contributed by atoms with Crippen LogP contribution in [0.3, 0.4) is 0 Å². The van der Waals surface area contributed by atoms with Gasteiger partial charge in [0.1, 0.15) is 0 Å². The summed E-state index contributed by atoms with van der Waals surface area (Å²) in [6.45, 7) is 2.11. The Kier molecular flexibility index (Phi) is 7.11. The number of carbonyl (C=O) groups excluding carboxylic acids is 1. The first kappa shape index (κ1) is 20.8. The Morgan fingerprint density at radius 3 is 2.39 bits per heavy atom. The van der Waals surface area contributed by atoms with Gasteiger partial charge in [0.2, 0.25) is 0 Å². The fraction of sp³-hybridized carbons (Fsp3) is 0.318. The zero-order valence-electron chi connectivity index (χ0n) is 16.0. The molecule has 0 N–H and O–H groups in total. The molecular formula is C22H25NO3SSe. The minimum atomic E-state index is -3.87. The van der Waals surface area contributed by atoms with Crippen molar-refractivity contribution in [3.8, 4) is 0 Å². The van der Waals surface area contributed by atoms with Crippen LogP contribution in [0, 0.1) is 6.92 Å². The Labute approximate surface area is 173 Å². The quantitative estimate of drug-likeness (QED) is 0.461. The van der Waals surface area contributed by atoms with Crippen molar-refractivity contribution in [3.05, 3.63) is 71.8 Å². The molecule has 2 aromatic rings. The molecule has 0 aliphatic heterocycles. The van der Waals surface area contributed by atoms with Crippen LogP contribution in [-0.4, -0.2) is 39.0 Å². The molecule has 0 spiro atoms. The first-order valence-electron chi connectivity index (χ1n) is 9.51. The first-order valence-corrected chi connectivity index (χ1v) is 12.7. The standard InChI is InChI=1S/C22H25NO3SSe/c1-18-12-14-20(15-13-18)27(25,26)23(17-16-19-8-4-2-5-9-19)22(24)28-21-10-6-3-7-11-21/h3,6-8,10-15H,2,4-5,9,16-17H2,1H3. The third kappa shape index (κ3) is 5.34. The second kappa shape index (κ2) is 9.55. The molecular weight excluding hydrogens is 437 g/mol. The number of aryl methyl sites for hydroxylation is 1. The molecule has 0 atom stereocenters. The van der Waals surface area contributed by atoms with Crippen LogP contribution in [0.25, 0.3) is 0 Å². The van der Waals surface area contributed by atoms with Gasteiger partial charge in [-0.25, -0.2) is 0 Å². The topological polar surface area (TPSA) is 54.5 Å². The molecule has 1 aliphatic carbocycles. The summed E-state index contributed by atoms with van der Waals surface area (Å²) in [4.78, 5) is 12.9. The van der Waals surface area contributed by atoms with Gasteiger partial charge < -0.3 is 0 Å². The zero-order chi connectivity index (χ0) is 20.0. The molecule has 0 aromatic heterocycles. The van der Waals surface area contributed by atoms with Gasteiger partial charge in [0.25, 0.3) is 0 Å². The average molecular weight is 462 g/mol. The molecule has 28 heavy (non-hydrogen) atoms. The molecule has 4 nitrogen and oxygen atoms in total. The molecule has 2 aromatic carbocycles. The van der Waals surface area contributed by atoms with Gasteiger partial charge in [-0.1, -0.05) is 0 Å². The van der Waals surface area contributed by atoms with Gasteiger partial charge in [-0.3, -0.25) is 0 Å². The fourth-order valence-corrected chi connectivity index (χ4v) is 6.68. The summed E-state index contributed by atoms with van der Waals surface area (Å²) in [6, 6.07) is 16.1. The van der Waals surface area contributed by atoms with Crippen LogP contribution in [0.1, 0.15) is 37.7 Å². The Hall–Kier alpha value is -1.88. The summed E-state index contributed by atoms with van der Waals surface area (Å²) in [5, 5.41) is 0. The van der Waals surface area contributed by atoms with E-state index in [9.17, 15) is 13.2 Å². The van der Waals surface area contributed by atoms with E-state index in [4.69, 9.17) is 0 Å². The number of rotatable bonds is 7. The maximum absolute atomic E-state index is 13.2. The Morgan fingerprint density at radius 1 is 1.04 bits per heavy atom. The van der Waals surface area contributed by atoms with Gasteiger partial charge in [0, 0.05) is 0 Å². The molecule has 0 saturated carbocycles. The molecule has 1 amide bonds. The van der Waals surface area contributed by atoms with Crippen LogP contribution in [0.15, 0.2) is 71.1 Å². The average Bonchev–Trinajstić information content (AvgIpc) is 2.70. The zero-order valence-corrected chi connectivity index (χ0v) is 18.5. The summed E-state index contributed by atoms with van der Waals surface area (Å²) >= 11 is -0.583. The summed E-state index contributed by atoms with van der Waals surface area (Å²) < 4.78 is 28.5. The van der Waals surface area contributed by atoms with Crippen molar-refractivity contribution in [1.82, 2.24) is 4.31 Å². The number of carbonyl (C=O) groups is 1. The minimum absolute atomic E-state index is 0.174.